The van der Waals surface area contributed by atoms with Crippen molar-refractivity contribution < 1.29 is 9.18 Å². The van der Waals surface area contributed by atoms with E-state index in [-0.39, 0.29) is 11.7 Å². The molecular formula is C20H27FN2O. The standard InChI is InChI=1S/C20H27FN2O/c21-16-8-9-19(23-10-2-1-3-11-23)18(12-16)22-20(24)13-17(14-4-5-14)15-6-7-15/h8-9,12,14-15,17H,1-7,10-11,13H2,(H,22,24). The number of carbonyl (C=O) groups excluding carboxylic acids is 1. The van der Waals surface area contributed by atoms with Crippen molar-refractivity contribution in [1.29, 1.82) is 0 Å². The van der Waals surface area contributed by atoms with Gasteiger partial charge in [-0.15, -0.1) is 0 Å². The molecule has 1 heterocycles. The summed E-state index contributed by atoms with van der Waals surface area (Å²) in [7, 11) is 0. The van der Waals surface area contributed by atoms with E-state index in [1.807, 2.05) is 6.07 Å². The maximum atomic E-state index is 13.7. The minimum atomic E-state index is -0.285. The third-order valence-corrected chi connectivity index (χ3v) is 5.81. The fourth-order valence-corrected chi connectivity index (χ4v) is 4.20. The summed E-state index contributed by atoms with van der Waals surface area (Å²) in [5, 5.41) is 3.02. The number of benzene rings is 1. The summed E-state index contributed by atoms with van der Waals surface area (Å²) >= 11 is 0. The van der Waals surface area contributed by atoms with Crippen LogP contribution in [0, 0.1) is 23.6 Å². The van der Waals surface area contributed by atoms with Crippen LogP contribution < -0.4 is 10.2 Å². The molecule has 0 bridgehead atoms. The van der Waals surface area contributed by atoms with E-state index in [1.54, 1.807) is 0 Å². The van der Waals surface area contributed by atoms with Crippen molar-refractivity contribution in [3.63, 3.8) is 0 Å². The van der Waals surface area contributed by atoms with Crippen molar-refractivity contribution >= 4 is 17.3 Å². The van der Waals surface area contributed by atoms with E-state index in [0.717, 1.165) is 43.5 Å². The zero-order chi connectivity index (χ0) is 16.5. The number of amides is 1. The molecule has 1 amide bonds. The van der Waals surface area contributed by atoms with Gasteiger partial charge >= 0.3 is 0 Å². The van der Waals surface area contributed by atoms with E-state index in [0.29, 0.717) is 18.0 Å². The van der Waals surface area contributed by atoms with Crippen LogP contribution in [0.5, 0.6) is 0 Å². The number of rotatable bonds is 6. The zero-order valence-corrected chi connectivity index (χ0v) is 14.3. The lowest BCUT2D eigenvalue weighted by molar-refractivity contribution is -0.117. The van der Waals surface area contributed by atoms with Crippen molar-refractivity contribution in [3.8, 4) is 0 Å². The molecule has 24 heavy (non-hydrogen) atoms. The molecule has 4 rings (SSSR count). The Labute approximate surface area is 143 Å². The van der Waals surface area contributed by atoms with Crippen molar-refractivity contribution in [2.24, 2.45) is 17.8 Å². The molecule has 3 aliphatic rings. The molecule has 1 aromatic rings. The van der Waals surface area contributed by atoms with Crippen molar-refractivity contribution in [2.75, 3.05) is 23.3 Å². The Bertz CT molecular complexity index is 592. The number of carbonyl (C=O) groups is 1. The van der Waals surface area contributed by atoms with Crippen LogP contribution in [0.2, 0.25) is 0 Å². The molecule has 0 radical (unpaired) electrons. The van der Waals surface area contributed by atoms with Crippen molar-refractivity contribution in [3.05, 3.63) is 24.0 Å². The van der Waals surface area contributed by atoms with Crippen LogP contribution in [0.4, 0.5) is 15.8 Å². The quantitative estimate of drug-likeness (QED) is 0.828. The van der Waals surface area contributed by atoms with E-state index in [9.17, 15) is 9.18 Å². The van der Waals surface area contributed by atoms with Gasteiger partial charge in [-0.3, -0.25) is 4.79 Å². The van der Waals surface area contributed by atoms with Crippen LogP contribution in [0.1, 0.15) is 51.4 Å². The Morgan fingerprint density at radius 2 is 1.79 bits per heavy atom. The molecule has 1 aliphatic heterocycles. The molecule has 3 nitrogen and oxygen atoms in total. The highest BCUT2D eigenvalue weighted by molar-refractivity contribution is 5.94. The molecule has 2 aliphatic carbocycles. The fraction of sp³-hybridized carbons (Fsp3) is 0.650. The smallest absolute Gasteiger partial charge is 0.224 e. The third-order valence-electron chi connectivity index (χ3n) is 5.81. The van der Waals surface area contributed by atoms with Gasteiger partial charge in [-0.2, -0.15) is 0 Å². The second-order valence-electron chi connectivity index (χ2n) is 7.80. The molecule has 130 valence electrons. The summed E-state index contributed by atoms with van der Waals surface area (Å²) in [6.45, 7) is 1.97. The summed E-state index contributed by atoms with van der Waals surface area (Å²) in [5.74, 6) is 1.85. The molecule has 4 heteroatoms. The van der Waals surface area contributed by atoms with Crippen LogP contribution in [0.25, 0.3) is 0 Å². The van der Waals surface area contributed by atoms with Crippen LogP contribution in [-0.2, 0) is 4.79 Å². The monoisotopic (exact) mass is 330 g/mol. The van der Waals surface area contributed by atoms with Crippen LogP contribution in [0.15, 0.2) is 18.2 Å². The van der Waals surface area contributed by atoms with Crippen LogP contribution in [0.3, 0.4) is 0 Å². The van der Waals surface area contributed by atoms with Gasteiger partial charge in [0.15, 0.2) is 0 Å². The van der Waals surface area contributed by atoms with Gasteiger partial charge < -0.3 is 10.2 Å². The number of piperidine rings is 1. The maximum absolute atomic E-state index is 13.7. The SMILES string of the molecule is O=C(CC(C1CC1)C1CC1)Nc1cc(F)ccc1N1CCCCC1. The average molecular weight is 330 g/mol. The fourth-order valence-electron chi connectivity index (χ4n) is 4.20. The maximum Gasteiger partial charge on any atom is 0.224 e. The minimum Gasteiger partial charge on any atom is -0.370 e. The van der Waals surface area contributed by atoms with Crippen LogP contribution in [-0.4, -0.2) is 19.0 Å². The summed E-state index contributed by atoms with van der Waals surface area (Å²) in [6.07, 6.45) is 9.32. The Balaban J connectivity index is 1.46. The molecule has 0 unspecified atom stereocenters. The third kappa shape index (κ3) is 3.73. The molecule has 0 atom stereocenters. The van der Waals surface area contributed by atoms with Crippen molar-refractivity contribution in [1.82, 2.24) is 0 Å². The van der Waals surface area contributed by atoms with Gasteiger partial charge in [0.25, 0.3) is 0 Å². The zero-order valence-electron chi connectivity index (χ0n) is 14.3. The van der Waals surface area contributed by atoms with E-state index >= 15 is 0 Å². The first-order valence-corrected chi connectivity index (χ1v) is 9.55. The van der Waals surface area contributed by atoms with E-state index in [1.165, 1.54) is 44.2 Å². The molecule has 1 saturated heterocycles. The largest absolute Gasteiger partial charge is 0.370 e. The highest BCUT2D eigenvalue weighted by Gasteiger charge is 2.42. The lowest BCUT2D eigenvalue weighted by atomic mass is 9.94. The van der Waals surface area contributed by atoms with E-state index in [4.69, 9.17) is 0 Å². The number of hydrogen-bond acceptors (Lipinski definition) is 2. The van der Waals surface area contributed by atoms with Gasteiger partial charge in [0, 0.05) is 19.5 Å². The Hall–Kier alpha value is -1.58. The molecule has 1 aromatic carbocycles. The Kier molecular flexibility index (Phi) is 4.47. The minimum absolute atomic E-state index is 0.0580. The highest BCUT2D eigenvalue weighted by Crippen LogP contribution is 2.50. The van der Waals surface area contributed by atoms with E-state index in [2.05, 4.69) is 10.2 Å². The lowest BCUT2D eigenvalue weighted by Gasteiger charge is -2.30. The first-order valence-electron chi connectivity index (χ1n) is 9.55. The van der Waals surface area contributed by atoms with E-state index < -0.39 is 0 Å². The Morgan fingerprint density at radius 1 is 1.12 bits per heavy atom. The summed E-state index contributed by atoms with van der Waals surface area (Å²) in [5.41, 5.74) is 1.62. The normalized spacial score (nSPS) is 21.2. The summed E-state index contributed by atoms with van der Waals surface area (Å²) in [4.78, 5) is 14.9. The van der Waals surface area contributed by atoms with Gasteiger partial charge in [0.1, 0.15) is 5.82 Å². The average Bonchev–Trinajstić information content (AvgIpc) is 3.48. The molecule has 1 N–H and O–H groups in total. The Morgan fingerprint density at radius 3 is 2.42 bits per heavy atom. The van der Waals surface area contributed by atoms with Gasteiger partial charge in [-0.25, -0.2) is 4.39 Å². The molecule has 0 aromatic heterocycles. The van der Waals surface area contributed by atoms with Gasteiger partial charge in [-0.05, 0) is 80.9 Å². The van der Waals surface area contributed by atoms with Gasteiger partial charge in [0.2, 0.25) is 5.91 Å². The lowest BCUT2D eigenvalue weighted by Crippen LogP contribution is -2.30. The number of nitrogens with zero attached hydrogens (tertiary/aromatic N) is 1. The van der Waals surface area contributed by atoms with Crippen molar-refractivity contribution in [2.45, 2.75) is 51.4 Å². The summed E-state index contributed by atoms with van der Waals surface area (Å²) < 4.78 is 13.7. The second kappa shape index (κ2) is 6.73. The highest BCUT2D eigenvalue weighted by atomic mass is 19.1. The first kappa shape index (κ1) is 15.9. The number of hydrogen-bond donors (Lipinski definition) is 1. The number of halogens is 1. The molecule has 2 saturated carbocycles. The molecule has 0 spiro atoms. The molecular weight excluding hydrogens is 303 g/mol. The van der Waals surface area contributed by atoms with Crippen LogP contribution >= 0.6 is 0 Å². The van der Waals surface area contributed by atoms with Gasteiger partial charge in [-0.1, -0.05) is 0 Å². The predicted octanol–water partition coefficient (Wildman–Crippen LogP) is 4.58. The second-order valence-corrected chi connectivity index (χ2v) is 7.80. The van der Waals surface area contributed by atoms with Gasteiger partial charge in [0.05, 0.1) is 11.4 Å². The molecule has 3 fully saturated rings. The first-order chi connectivity index (χ1) is 11.7. The number of anilines is 2. The summed E-state index contributed by atoms with van der Waals surface area (Å²) in [6, 6.07) is 4.79. The predicted molar refractivity (Wildman–Crippen MR) is 94.6 cm³/mol. The topological polar surface area (TPSA) is 32.3 Å². The number of nitrogens with one attached hydrogen (secondary N) is 1.